The lowest BCUT2D eigenvalue weighted by Gasteiger charge is -2.11. The second-order valence-corrected chi connectivity index (χ2v) is 4.85. The molecule has 2 N–H and O–H groups in total. The highest BCUT2D eigenvalue weighted by molar-refractivity contribution is 5.99. The van der Waals surface area contributed by atoms with Crippen molar-refractivity contribution >= 4 is 16.9 Å². The molecule has 1 aromatic heterocycles. The maximum Gasteiger partial charge on any atom is 0.269 e. The molecule has 0 unspecified atom stereocenters. The van der Waals surface area contributed by atoms with E-state index in [-0.39, 0.29) is 5.69 Å². The third-order valence-corrected chi connectivity index (χ3v) is 3.44. The van der Waals surface area contributed by atoms with Gasteiger partial charge in [-0.25, -0.2) is 9.97 Å². The molecule has 3 rings (SSSR count). The molecule has 6 heteroatoms. The Morgan fingerprint density at radius 1 is 1.04 bits per heavy atom. The van der Waals surface area contributed by atoms with Gasteiger partial charge in [0.1, 0.15) is 22.7 Å². The number of carbonyl (C=O) groups is 1. The first-order valence-electron chi connectivity index (χ1n) is 6.93. The van der Waals surface area contributed by atoms with Crippen molar-refractivity contribution in [3.63, 3.8) is 0 Å². The Morgan fingerprint density at radius 2 is 1.78 bits per heavy atom. The van der Waals surface area contributed by atoms with Crippen LogP contribution in [0.25, 0.3) is 22.3 Å². The molecular weight excluding hydrogens is 294 g/mol. The molecule has 0 fully saturated rings. The van der Waals surface area contributed by atoms with Gasteiger partial charge in [0.05, 0.1) is 19.7 Å². The van der Waals surface area contributed by atoms with Gasteiger partial charge < -0.3 is 15.2 Å². The molecule has 0 aliphatic carbocycles. The van der Waals surface area contributed by atoms with Gasteiger partial charge in [-0.05, 0) is 0 Å². The molecule has 0 saturated heterocycles. The van der Waals surface area contributed by atoms with E-state index >= 15 is 0 Å². The average molecular weight is 309 g/mol. The average Bonchev–Trinajstić information content (AvgIpc) is 2.60. The molecule has 23 heavy (non-hydrogen) atoms. The van der Waals surface area contributed by atoms with Crippen molar-refractivity contribution < 1.29 is 14.3 Å². The van der Waals surface area contributed by atoms with E-state index < -0.39 is 5.91 Å². The van der Waals surface area contributed by atoms with E-state index in [1.165, 1.54) is 0 Å². The Hall–Kier alpha value is -3.15. The highest BCUT2D eigenvalue weighted by atomic mass is 16.5. The Morgan fingerprint density at radius 3 is 2.39 bits per heavy atom. The summed E-state index contributed by atoms with van der Waals surface area (Å²) < 4.78 is 10.6. The fourth-order valence-electron chi connectivity index (χ4n) is 2.35. The summed E-state index contributed by atoms with van der Waals surface area (Å²) in [6.45, 7) is 0. The number of ether oxygens (including phenoxy) is 2. The van der Waals surface area contributed by atoms with Crippen LogP contribution in [-0.2, 0) is 0 Å². The van der Waals surface area contributed by atoms with E-state index in [4.69, 9.17) is 15.2 Å². The van der Waals surface area contributed by atoms with Gasteiger partial charge in [0, 0.05) is 17.7 Å². The molecule has 0 atom stereocenters. The van der Waals surface area contributed by atoms with Gasteiger partial charge in [-0.3, -0.25) is 4.79 Å². The molecule has 2 aromatic carbocycles. The number of nitrogens with zero attached hydrogens (tertiary/aromatic N) is 2. The van der Waals surface area contributed by atoms with Crippen molar-refractivity contribution in [2.75, 3.05) is 14.2 Å². The monoisotopic (exact) mass is 309 g/mol. The number of nitrogens with two attached hydrogens (primary N) is 1. The lowest BCUT2D eigenvalue weighted by atomic mass is 10.1. The number of carbonyl (C=O) groups excluding carboxylic acids is 1. The summed E-state index contributed by atoms with van der Waals surface area (Å²) in [5.41, 5.74) is 7.79. The van der Waals surface area contributed by atoms with Crippen LogP contribution in [0, 0.1) is 0 Å². The number of primary amides is 1. The summed E-state index contributed by atoms with van der Waals surface area (Å²) in [6, 6.07) is 12.7. The maximum absolute atomic E-state index is 11.8. The minimum Gasteiger partial charge on any atom is -0.497 e. The van der Waals surface area contributed by atoms with Gasteiger partial charge in [-0.2, -0.15) is 0 Å². The van der Waals surface area contributed by atoms with Crippen LogP contribution in [0.2, 0.25) is 0 Å². The van der Waals surface area contributed by atoms with Gasteiger partial charge in [0.25, 0.3) is 5.91 Å². The second-order valence-electron chi connectivity index (χ2n) is 4.85. The molecule has 6 nitrogen and oxygen atoms in total. The van der Waals surface area contributed by atoms with Gasteiger partial charge in [0.2, 0.25) is 0 Å². The Bertz CT molecular complexity index is 879. The molecule has 1 heterocycles. The number of aromatic nitrogens is 2. The highest BCUT2D eigenvalue weighted by Crippen LogP contribution is 2.31. The molecule has 0 aliphatic rings. The van der Waals surface area contributed by atoms with Gasteiger partial charge in [-0.1, -0.05) is 30.3 Å². The van der Waals surface area contributed by atoms with Crippen LogP contribution in [0.4, 0.5) is 0 Å². The van der Waals surface area contributed by atoms with Gasteiger partial charge in [-0.15, -0.1) is 0 Å². The van der Waals surface area contributed by atoms with E-state index in [0.29, 0.717) is 28.2 Å². The van der Waals surface area contributed by atoms with Crippen LogP contribution in [0.3, 0.4) is 0 Å². The van der Waals surface area contributed by atoms with E-state index in [9.17, 15) is 4.79 Å². The largest absolute Gasteiger partial charge is 0.497 e. The molecule has 0 saturated carbocycles. The molecule has 0 radical (unpaired) electrons. The van der Waals surface area contributed by atoms with Crippen LogP contribution < -0.4 is 15.2 Å². The Balaban J connectivity index is 2.35. The van der Waals surface area contributed by atoms with Crippen LogP contribution in [0.1, 0.15) is 10.5 Å². The topological polar surface area (TPSA) is 87.3 Å². The first kappa shape index (κ1) is 14.8. The highest BCUT2D eigenvalue weighted by Gasteiger charge is 2.18. The number of methoxy groups -OCH3 is 2. The summed E-state index contributed by atoms with van der Waals surface area (Å²) in [5.74, 6) is 0.437. The predicted molar refractivity (Wildman–Crippen MR) is 86.6 cm³/mol. The molecule has 3 aromatic rings. The normalized spacial score (nSPS) is 10.5. The molecule has 0 bridgehead atoms. The van der Waals surface area contributed by atoms with Crippen LogP contribution in [-0.4, -0.2) is 30.1 Å². The minimum atomic E-state index is -0.639. The third-order valence-electron chi connectivity index (χ3n) is 3.44. The number of hydrogen-bond acceptors (Lipinski definition) is 5. The molecule has 116 valence electrons. The molecule has 1 amide bonds. The minimum absolute atomic E-state index is 0.110. The van der Waals surface area contributed by atoms with Crippen molar-refractivity contribution in [2.45, 2.75) is 0 Å². The first-order chi connectivity index (χ1) is 11.1. The van der Waals surface area contributed by atoms with E-state index in [2.05, 4.69) is 9.97 Å². The smallest absolute Gasteiger partial charge is 0.269 e. The van der Waals surface area contributed by atoms with Gasteiger partial charge in [0.15, 0.2) is 5.69 Å². The van der Waals surface area contributed by atoms with Crippen LogP contribution in [0.15, 0.2) is 42.5 Å². The summed E-state index contributed by atoms with van der Waals surface area (Å²) in [5, 5.41) is 0. The zero-order chi connectivity index (χ0) is 16.4. The quantitative estimate of drug-likeness (QED) is 0.799. The summed E-state index contributed by atoms with van der Waals surface area (Å²) in [7, 11) is 3.08. The first-order valence-corrected chi connectivity index (χ1v) is 6.93. The van der Waals surface area contributed by atoms with Gasteiger partial charge >= 0.3 is 0 Å². The lowest BCUT2D eigenvalue weighted by Crippen LogP contribution is -2.16. The third kappa shape index (κ3) is 2.66. The SMILES string of the molecule is COc1cc(OC)c2nc(-c3ccccc3)c(C(N)=O)nc2c1. The van der Waals surface area contributed by atoms with Crippen molar-refractivity contribution in [3.05, 3.63) is 48.2 Å². The second kappa shape index (κ2) is 5.92. The van der Waals surface area contributed by atoms with E-state index in [0.717, 1.165) is 5.56 Å². The number of benzene rings is 2. The van der Waals surface area contributed by atoms with Crippen LogP contribution >= 0.6 is 0 Å². The number of rotatable bonds is 4. The maximum atomic E-state index is 11.8. The summed E-state index contributed by atoms with van der Waals surface area (Å²) in [6.07, 6.45) is 0. The molecule has 0 spiro atoms. The summed E-state index contributed by atoms with van der Waals surface area (Å²) in [4.78, 5) is 20.7. The van der Waals surface area contributed by atoms with Crippen molar-refractivity contribution in [3.8, 4) is 22.8 Å². The molecule has 0 aliphatic heterocycles. The van der Waals surface area contributed by atoms with Crippen molar-refractivity contribution in [2.24, 2.45) is 5.73 Å². The van der Waals surface area contributed by atoms with Crippen molar-refractivity contribution in [1.82, 2.24) is 9.97 Å². The van der Waals surface area contributed by atoms with Crippen LogP contribution in [0.5, 0.6) is 11.5 Å². The van der Waals surface area contributed by atoms with E-state index in [1.807, 2.05) is 30.3 Å². The standard InChI is InChI=1S/C17H15N3O3/c1-22-11-8-12-15(13(9-11)23-2)20-14(16(19-12)17(18)21)10-6-4-3-5-7-10/h3-9H,1-2H3,(H2,18,21). The number of hydrogen-bond donors (Lipinski definition) is 1. The zero-order valence-electron chi connectivity index (χ0n) is 12.7. The van der Waals surface area contributed by atoms with E-state index in [1.54, 1.807) is 26.4 Å². The Kier molecular flexibility index (Phi) is 3.80. The fourth-order valence-corrected chi connectivity index (χ4v) is 2.35. The Labute approximate surface area is 132 Å². The number of amides is 1. The predicted octanol–water partition coefficient (Wildman–Crippen LogP) is 2.41. The fraction of sp³-hybridized carbons (Fsp3) is 0.118. The molecular formula is C17H15N3O3. The zero-order valence-corrected chi connectivity index (χ0v) is 12.7. The van der Waals surface area contributed by atoms with Crippen molar-refractivity contribution in [1.29, 1.82) is 0 Å². The lowest BCUT2D eigenvalue weighted by molar-refractivity contribution is 0.0996. The number of fused-ring (bicyclic) bond motifs is 1. The summed E-state index contributed by atoms with van der Waals surface area (Å²) >= 11 is 0.